The molecule has 0 fully saturated rings. The topological polar surface area (TPSA) is 89.0 Å². The summed E-state index contributed by atoms with van der Waals surface area (Å²) in [7, 11) is 1.67. The lowest BCUT2D eigenvalue weighted by Gasteiger charge is -2.17. The van der Waals surface area contributed by atoms with Crippen LogP contribution in [0, 0.1) is 0 Å². The molecule has 134 valence electrons. The number of benzene rings is 1. The number of anilines is 2. The molecule has 1 heterocycles. The summed E-state index contributed by atoms with van der Waals surface area (Å²) in [5, 5.41) is 6.40. The van der Waals surface area contributed by atoms with Gasteiger partial charge >= 0.3 is 0 Å². The van der Waals surface area contributed by atoms with E-state index in [2.05, 4.69) is 38.6 Å². The first kappa shape index (κ1) is 19.0. The summed E-state index contributed by atoms with van der Waals surface area (Å²) in [5.74, 6) is 1.33. The number of thioether (sulfide) groups is 1. The van der Waals surface area contributed by atoms with Gasteiger partial charge in [0.25, 0.3) is 0 Å². The highest BCUT2D eigenvalue weighted by atomic mass is 32.2. The van der Waals surface area contributed by atoms with Gasteiger partial charge in [-0.3, -0.25) is 10.1 Å². The van der Waals surface area contributed by atoms with E-state index in [1.54, 1.807) is 7.11 Å². The van der Waals surface area contributed by atoms with Crippen LogP contribution in [0.5, 0.6) is 5.75 Å². The lowest BCUT2D eigenvalue weighted by atomic mass is 10.0. The zero-order valence-corrected chi connectivity index (χ0v) is 15.9. The monoisotopic (exact) mass is 361 g/mol. The van der Waals surface area contributed by atoms with Crippen molar-refractivity contribution in [3.8, 4) is 5.75 Å². The van der Waals surface area contributed by atoms with Crippen molar-refractivity contribution in [2.24, 2.45) is 0 Å². The van der Waals surface area contributed by atoms with E-state index in [1.165, 1.54) is 18.7 Å². The van der Waals surface area contributed by atoms with Crippen molar-refractivity contribution in [2.75, 3.05) is 24.0 Å². The van der Waals surface area contributed by atoms with Gasteiger partial charge in [-0.2, -0.15) is 15.0 Å². The number of nitrogens with one attached hydrogen (secondary N) is 2. The molecule has 1 atom stereocenters. The van der Waals surface area contributed by atoms with E-state index < -0.39 is 0 Å². The average molecular weight is 361 g/mol. The molecule has 8 heteroatoms. The van der Waals surface area contributed by atoms with Crippen molar-refractivity contribution in [3.63, 3.8) is 0 Å². The summed E-state index contributed by atoms with van der Waals surface area (Å²) >= 11 is 1.39. The predicted molar refractivity (Wildman–Crippen MR) is 100 cm³/mol. The maximum absolute atomic E-state index is 11.2. The molecule has 0 saturated carbocycles. The Morgan fingerprint density at radius 1 is 1.28 bits per heavy atom. The van der Waals surface area contributed by atoms with E-state index in [0.717, 1.165) is 23.3 Å². The highest BCUT2D eigenvalue weighted by Crippen LogP contribution is 2.25. The summed E-state index contributed by atoms with van der Waals surface area (Å²) in [4.78, 5) is 24.0. The van der Waals surface area contributed by atoms with Gasteiger partial charge in [0.15, 0.2) is 5.16 Å². The van der Waals surface area contributed by atoms with Gasteiger partial charge < -0.3 is 10.1 Å². The third-order valence-electron chi connectivity index (χ3n) is 3.62. The fourth-order valence-corrected chi connectivity index (χ4v) is 2.70. The second kappa shape index (κ2) is 8.66. The van der Waals surface area contributed by atoms with Crippen LogP contribution >= 0.6 is 11.8 Å². The normalized spacial score (nSPS) is 11.7. The zero-order valence-electron chi connectivity index (χ0n) is 15.1. The number of methoxy groups -OCH3 is 1. The molecular formula is C17H23N5O2S. The van der Waals surface area contributed by atoms with Gasteiger partial charge in [0, 0.05) is 6.92 Å². The Hall–Kier alpha value is -2.35. The Labute approximate surface area is 152 Å². The number of amides is 1. The fraction of sp³-hybridized carbons (Fsp3) is 0.412. The van der Waals surface area contributed by atoms with E-state index >= 15 is 0 Å². The van der Waals surface area contributed by atoms with Crippen LogP contribution in [0.3, 0.4) is 0 Å². The molecule has 0 aliphatic rings. The molecule has 0 spiro atoms. The molecule has 25 heavy (non-hydrogen) atoms. The van der Waals surface area contributed by atoms with Gasteiger partial charge in [0.1, 0.15) is 5.75 Å². The molecule has 1 aromatic heterocycles. The Morgan fingerprint density at radius 3 is 2.60 bits per heavy atom. The SMILES string of the molecule is CCc1cc(C(C)Nc2nc(NC(C)=O)nc(SC)n2)ccc1OC. The maximum atomic E-state index is 11.2. The van der Waals surface area contributed by atoms with Gasteiger partial charge in [0.05, 0.1) is 13.2 Å². The Morgan fingerprint density at radius 2 is 2.00 bits per heavy atom. The van der Waals surface area contributed by atoms with Gasteiger partial charge in [-0.25, -0.2) is 0 Å². The van der Waals surface area contributed by atoms with Crippen LogP contribution in [0.4, 0.5) is 11.9 Å². The molecule has 1 aromatic carbocycles. The minimum absolute atomic E-state index is 0.0153. The lowest BCUT2D eigenvalue weighted by Crippen LogP contribution is -2.15. The highest BCUT2D eigenvalue weighted by Gasteiger charge is 2.13. The van der Waals surface area contributed by atoms with Crippen molar-refractivity contribution in [2.45, 2.75) is 38.4 Å². The van der Waals surface area contributed by atoms with Crippen molar-refractivity contribution in [1.82, 2.24) is 15.0 Å². The van der Waals surface area contributed by atoms with Crippen molar-refractivity contribution in [1.29, 1.82) is 0 Å². The second-order valence-electron chi connectivity index (χ2n) is 5.44. The number of aryl methyl sites for hydroxylation is 1. The number of hydrogen-bond donors (Lipinski definition) is 2. The molecule has 0 aliphatic heterocycles. The minimum atomic E-state index is -0.222. The minimum Gasteiger partial charge on any atom is -0.496 e. The predicted octanol–water partition coefficient (Wildman–Crippen LogP) is 3.30. The van der Waals surface area contributed by atoms with Gasteiger partial charge in [0.2, 0.25) is 17.8 Å². The summed E-state index contributed by atoms with van der Waals surface area (Å²) in [6, 6.07) is 6.08. The van der Waals surface area contributed by atoms with E-state index in [1.807, 2.05) is 25.3 Å². The summed E-state index contributed by atoms with van der Waals surface area (Å²) in [6.07, 6.45) is 2.76. The number of ether oxygens (including phenoxy) is 1. The standard InChI is InChI=1S/C17H23N5O2S/c1-6-12-9-13(7-8-14(12)24-4)10(2)18-15-20-16(19-11(3)23)22-17(21-15)25-5/h7-10H,6H2,1-5H3,(H2,18,19,20,21,22,23). The zero-order chi connectivity index (χ0) is 18.4. The summed E-state index contributed by atoms with van der Waals surface area (Å²) < 4.78 is 5.38. The number of nitrogens with zero attached hydrogens (tertiary/aromatic N) is 3. The largest absolute Gasteiger partial charge is 0.496 e. The molecule has 2 rings (SSSR count). The molecule has 0 bridgehead atoms. The highest BCUT2D eigenvalue weighted by molar-refractivity contribution is 7.98. The van der Waals surface area contributed by atoms with Crippen molar-refractivity contribution >= 4 is 29.6 Å². The van der Waals surface area contributed by atoms with Gasteiger partial charge in [-0.1, -0.05) is 30.8 Å². The number of hydrogen-bond acceptors (Lipinski definition) is 7. The molecule has 1 unspecified atom stereocenters. The Bertz CT molecular complexity index is 754. The van der Waals surface area contributed by atoms with Crippen LogP contribution in [0.1, 0.15) is 37.9 Å². The molecule has 1 amide bonds. The maximum Gasteiger partial charge on any atom is 0.235 e. The smallest absolute Gasteiger partial charge is 0.235 e. The molecule has 2 aromatic rings. The fourth-order valence-electron chi connectivity index (χ4n) is 2.35. The van der Waals surface area contributed by atoms with Crippen molar-refractivity contribution < 1.29 is 9.53 Å². The Kier molecular flexibility index (Phi) is 6.58. The lowest BCUT2D eigenvalue weighted by molar-refractivity contribution is -0.114. The number of aromatic nitrogens is 3. The van der Waals surface area contributed by atoms with Gasteiger partial charge in [-0.15, -0.1) is 0 Å². The van der Waals surface area contributed by atoms with Crippen molar-refractivity contribution in [3.05, 3.63) is 29.3 Å². The molecule has 2 N–H and O–H groups in total. The first-order chi connectivity index (χ1) is 12.0. The van der Waals surface area contributed by atoms with Crippen LogP contribution < -0.4 is 15.4 Å². The van der Waals surface area contributed by atoms with Crippen LogP contribution in [-0.4, -0.2) is 34.2 Å². The average Bonchev–Trinajstić information content (AvgIpc) is 2.60. The molecule has 0 radical (unpaired) electrons. The first-order valence-corrected chi connectivity index (χ1v) is 9.20. The van der Waals surface area contributed by atoms with Gasteiger partial charge in [-0.05, 0) is 36.8 Å². The number of carbonyl (C=O) groups is 1. The number of rotatable bonds is 7. The van der Waals surface area contributed by atoms with E-state index in [9.17, 15) is 4.79 Å². The number of carbonyl (C=O) groups excluding carboxylic acids is 1. The van der Waals surface area contributed by atoms with E-state index in [4.69, 9.17) is 4.74 Å². The molecule has 0 aliphatic carbocycles. The second-order valence-corrected chi connectivity index (χ2v) is 6.21. The quantitative estimate of drug-likeness (QED) is 0.731. The van der Waals surface area contributed by atoms with E-state index in [0.29, 0.717) is 11.1 Å². The van der Waals surface area contributed by atoms with E-state index in [-0.39, 0.29) is 17.9 Å². The molecule has 0 saturated heterocycles. The van der Waals surface area contributed by atoms with Crippen LogP contribution in [0.25, 0.3) is 0 Å². The van der Waals surface area contributed by atoms with Crippen LogP contribution in [0.15, 0.2) is 23.4 Å². The third kappa shape index (κ3) is 5.06. The third-order valence-corrected chi connectivity index (χ3v) is 4.16. The summed E-state index contributed by atoms with van der Waals surface area (Å²) in [5.41, 5.74) is 2.25. The first-order valence-electron chi connectivity index (χ1n) is 7.97. The summed E-state index contributed by atoms with van der Waals surface area (Å²) in [6.45, 7) is 5.54. The van der Waals surface area contributed by atoms with Crippen LogP contribution in [-0.2, 0) is 11.2 Å². The Balaban J connectivity index is 2.24. The van der Waals surface area contributed by atoms with Crippen LogP contribution in [0.2, 0.25) is 0 Å². The molecule has 7 nitrogen and oxygen atoms in total. The molecular weight excluding hydrogens is 338 g/mol.